The summed E-state index contributed by atoms with van der Waals surface area (Å²) in [6.45, 7) is 0.0947. The lowest BCUT2D eigenvalue weighted by Crippen LogP contribution is -2.27. The topological polar surface area (TPSA) is 68.5 Å². The molecule has 0 spiro atoms. The number of likely N-dealkylation sites (tertiary alicyclic amines) is 1. The van der Waals surface area contributed by atoms with Gasteiger partial charge in [0.15, 0.2) is 11.6 Å². The highest BCUT2D eigenvalue weighted by Gasteiger charge is 2.36. The Bertz CT molecular complexity index is 1070. The lowest BCUT2D eigenvalue weighted by Gasteiger charge is -2.22. The fraction of sp³-hybridized carbons (Fsp3) is 0.250. The van der Waals surface area contributed by atoms with Crippen molar-refractivity contribution in [2.75, 3.05) is 7.11 Å². The third kappa shape index (κ3) is 3.87. The number of rotatable bonds is 5. The van der Waals surface area contributed by atoms with E-state index in [0.29, 0.717) is 28.4 Å². The first-order chi connectivity index (χ1) is 14.0. The zero-order valence-electron chi connectivity index (χ0n) is 15.4. The van der Waals surface area contributed by atoms with Crippen LogP contribution in [0.2, 0.25) is 0 Å². The Morgan fingerprint density at radius 1 is 1.24 bits per heavy atom. The molecular formula is C20H16BrF2N3O3. The van der Waals surface area contributed by atoms with E-state index in [1.165, 1.54) is 30.2 Å². The maximum Gasteiger partial charge on any atom is 0.249 e. The van der Waals surface area contributed by atoms with E-state index in [4.69, 9.17) is 9.26 Å². The number of hydrogen-bond acceptors (Lipinski definition) is 5. The van der Waals surface area contributed by atoms with Gasteiger partial charge in [-0.05, 0) is 36.8 Å². The van der Waals surface area contributed by atoms with Crippen molar-refractivity contribution >= 4 is 21.8 Å². The Balaban J connectivity index is 1.59. The fourth-order valence-electron chi connectivity index (χ4n) is 3.32. The highest BCUT2D eigenvalue weighted by atomic mass is 79.9. The van der Waals surface area contributed by atoms with E-state index in [1.807, 2.05) is 0 Å². The second-order valence-corrected chi connectivity index (χ2v) is 7.53. The molecule has 1 aliphatic rings. The predicted octanol–water partition coefficient (Wildman–Crippen LogP) is 4.65. The van der Waals surface area contributed by atoms with Crippen molar-refractivity contribution in [3.63, 3.8) is 0 Å². The molecule has 0 radical (unpaired) electrons. The van der Waals surface area contributed by atoms with Crippen LogP contribution < -0.4 is 4.74 Å². The summed E-state index contributed by atoms with van der Waals surface area (Å²) in [6, 6.07) is 8.58. The number of aromatic nitrogens is 2. The van der Waals surface area contributed by atoms with Gasteiger partial charge in [0.25, 0.3) is 0 Å². The number of ether oxygens (including phenoxy) is 1. The van der Waals surface area contributed by atoms with Gasteiger partial charge >= 0.3 is 0 Å². The molecule has 150 valence electrons. The van der Waals surface area contributed by atoms with Gasteiger partial charge in [-0.1, -0.05) is 27.2 Å². The second kappa shape index (κ2) is 7.90. The van der Waals surface area contributed by atoms with Crippen LogP contribution >= 0.6 is 15.9 Å². The molecule has 0 aliphatic carbocycles. The van der Waals surface area contributed by atoms with Crippen LogP contribution in [0.25, 0.3) is 11.4 Å². The molecule has 3 aromatic rings. The minimum Gasteiger partial charge on any atom is -0.494 e. The normalized spacial score (nSPS) is 16.5. The average Bonchev–Trinajstić information content (AvgIpc) is 3.31. The minimum atomic E-state index is -0.542. The number of carbonyl (C=O) groups excluding carboxylic acids is 1. The fourth-order valence-corrected chi connectivity index (χ4v) is 3.65. The molecule has 1 atom stereocenters. The maximum atomic E-state index is 14.2. The van der Waals surface area contributed by atoms with Gasteiger partial charge in [0.2, 0.25) is 17.6 Å². The molecule has 6 nitrogen and oxygen atoms in total. The number of nitrogens with zero attached hydrogens (tertiary/aromatic N) is 3. The molecule has 1 fully saturated rings. The van der Waals surface area contributed by atoms with Crippen molar-refractivity contribution in [3.8, 4) is 17.1 Å². The first kappa shape index (κ1) is 19.5. The average molecular weight is 464 g/mol. The Kier molecular flexibility index (Phi) is 5.31. The number of benzene rings is 2. The zero-order valence-corrected chi connectivity index (χ0v) is 16.9. The minimum absolute atomic E-state index is 0.0947. The van der Waals surface area contributed by atoms with Gasteiger partial charge in [-0.25, -0.2) is 8.78 Å². The summed E-state index contributed by atoms with van der Waals surface area (Å²) in [7, 11) is 1.38. The van der Waals surface area contributed by atoms with Gasteiger partial charge < -0.3 is 14.2 Å². The quantitative estimate of drug-likeness (QED) is 0.550. The van der Waals surface area contributed by atoms with E-state index >= 15 is 0 Å². The summed E-state index contributed by atoms with van der Waals surface area (Å²) < 4.78 is 39.1. The molecule has 1 unspecified atom stereocenters. The first-order valence-electron chi connectivity index (χ1n) is 8.87. The van der Waals surface area contributed by atoms with Gasteiger partial charge in [-0.3, -0.25) is 4.79 Å². The summed E-state index contributed by atoms with van der Waals surface area (Å²) in [5.74, 6) is -0.512. The van der Waals surface area contributed by atoms with Gasteiger partial charge in [-0.15, -0.1) is 0 Å². The van der Waals surface area contributed by atoms with Gasteiger partial charge in [0.05, 0.1) is 7.11 Å². The Morgan fingerprint density at radius 3 is 2.79 bits per heavy atom. The van der Waals surface area contributed by atoms with E-state index < -0.39 is 17.7 Å². The molecule has 0 saturated carbocycles. The molecule has 1 saturated heterocycles. The molecule has 2 heterocycles. The van der Waals surface area contributed by atoms with Crippen molar-refractivity contribution in [1.82, 2.24) is 15.0 Å². The van der Waals surface area contributed by atoms with Crippen LogP contribution in [0.3, 0.4) is 0 Å². The van der Waals surface area contributed by atoms with E-state index in [2.05, 4.69) is 26.1 Å². The van der Waals surface area contributed by atoms with E-state index in [-0.39, 0.29) is 29.9 Å². The van der Waals surface area contributed by atoms with Crippen LogP contribution in [0.4, 0.5) is 8.78 Å². The van der Waals surface area contributed by atoms with Gasteiger partial charge in [0, 0.05) is 28.6 Å². The van der Waals surface area contributed by atoms with Crippen LogP contribution in [-0.2, 0) is 11.3 Å². The van der Waals surface area contributed by atoms with Crippen molar-refractivity contribution in [2.24, 2.45) is 0 Å². The number of halogens is 3. The molecule has 1 aliphatic heterocycles. The van der Waals surface area contributed by atoms with E-state index in [1.54, 1.807) is 18.2 Å². The predicted molar refractivity (Wildman–Crippen MR) is 103 cm³/mol. The van der Waals surface area contributed by atoms with Gasteiger partial charge in [0.1, 0.15) is 11.9 Å². The SMILES string of the molecule is COc1ccc(-c2noc(C3CCC(=O)N3Cc3ccc(Br)cc3F)n2)cc1F. The Hall–Kier alpha value is -2.81. The number of methoxy groups -OCH3 is 1. The summed E-state index contributed by atoms with van der Waals surface area (Å²) in [4.78, 5) is 18.2. The third-order valence-corrected chi connectivity index (χ3v) is 5.31. The van der Waals surface area contributed by atoms with Crippen LogP contribution in [0, 0.1) is 11.6 Å². The highest BCUT2D eigenvalue weighted by molar-refractivity contribution is 9.10. The maximum absolute atomic E-state index is 14.2. The van der Waals surface area contributed by atoms with Crippen LogP contribution in [0.1, 0.15) is 30.3 Å². The molecule has 29 heavy (non-hydrogen) atoms. The Labute approximate surface area is 173 Å². The van der Waals surface area contributed by atoms with E-state index in [0.717, 1.165) is 0 Å². The first-order valence-corrected chi connectivity index (χ1v) is 9.66. The summed E-state index contributed by atoms with van der Waals surface area (Å²) >= 11 is 3.22. The van der Waals surface area contributed by atoms with Crippen molar-refractivity contribution < 1.29 is 22.8 Å². The number of hydrogen-bond donors (Lipinski definition) is 0. The number of carbonyl (C=O) groups is 1. The molecular weight excluding hydrogens is 448 g/mol. The molecule has 2 aromatic carbocycles. The largest absolute Gasteiger partial charge is 0.494 e. The van der Waals surface area contributed by atoms with Crippen molar-refractivity contribution in [3.05, 3.63) is 64.0 Å². The molecule has 1 aromatic heterocycles. The lowest BCUT2D eigenvalue weighted by atomic mass is 10.1. The van der Waals surface area contributed by atoms with Crippen LogP contribution in [-0.4, -0.2) is 28.1 Å². The van der Waals surface area contributed by atoms with Crippen LogP contribution in [0.5, 0.6) is 5.75 Å². The smallest absolute Gasteiger partial charge is 0.249 e. The monoisotopic (exact) mass is 463 g/mol. The summed E-state index contributed by atoms with van der Waals surface area (Å²) in [5, 5.41) is 3.91. The molecule has 1 amide bonds. The van der Waals surface area contributed by atoms with Crippen molar-refractivity contribution in [1.29, 1.82) is 0 Å². The second-order valence-electron chi connectivity index (χ2n) is 6.62. The standard InChI is InChI=1S/C20H16BrF2N3O3/c1-28-17-6-3-11(8-15(17)23)19-24-20(29-25-19)16-5-7-18(27)26(16)10-12-2-4-13(21)9-14(12)22/h2-4,6,8-9,16H,5,7,10H2,1H3. The Morgan fingerprint density at radius 2 is 2.07 bits per heavy atom. The lowest BCUT2D eigenvalue weighted by molar-refractivity contribution is -0.130. The number of amides is 1. The molecule has 4 rings (SSSR count). The van der Waals surface area contributed by atoms with E-state index in [9.17, 15) is 13.6 Å². The summed E-state index contributed by atoms with van der Waals surface area (Å²) in [5.41, 5.74) is 0.818. The highest BCUT2D eigenvalue weighted by Crippen LogP contribution is 2.35. The van der Waals surface area contributed by atoms with Gasteiger partial charge in [-0.2, -0.15) is 4.98 Å². The molecule has 0 N–H and O–H groups in total. The molecule has 9 heteroatoms. The zero-order chi connectivity index (χ0) is 20.5. The third-order valence-electron chi connectivity index (χ3n) is 4.82. The molecule has 0 bridgehead atoms. The summed E-state index contributed by atoms with van der Waals surface area (Å²) in [6.07, 6.45) is 0.785. The van der Waals surface area contributed by atoms with Crippen LogP contribution in [0.15, 0.2) is 45.4 Å². The van der Waals surface area contributed by atoms with Crippen molar-refractivity contribution in [2.45, 2.75) is 25.4 Å².